The van der Waals surface area contributed by atoms with Crippen LogP contribution in [0.3, 0.4) is 0 Å². The number of ether oxygens (including phenoxy) is 1. The summed E-state index contributed by atoms with van der Waals surface area (Å²) in [5.74, 6) is -0.946. The van der Waals surface area contributed by atoms with E-state index in [4.69, 9.17) is 10.5 Å². The highest BCUT2D eigenvalue weighted by atomic mass is 16.5. The Morgan fingerprint density at radius 1 is 0.971 bits per heavy atom. The summed E-state index contributed by atoms with van der Waals surface area (Å²) in [6.07, 6.45) is 4.75. The number of nitrogens with one attached hydrogen (secondary N) is 1. The van der Waals surface area contributed by atoms with Gasteiger partial charge in [0.25, 0.3) is 11.8 Å². The molecule has 10 nitrogen and oxygen atoms in total. The number of fused-ring (bicyclic) bond motifs is 1. The Balaban J connectivity index is 1.27. The second-order valence-corrected chi connectivity index (χ2v) is 8.53. The van der Waals surface area contributed by atoms with Crippen LogP contribution >= 0.6 is 0 Å². The maximum Gasteiger partial charge on any atom is 0.338 e. The predicted molar refractivity (Wildman–Crippen MR) is 127 cm³/mol. The van der Waals surface area contributed by atoms with Crippen LogP contribution < -0.4 is 11.1 Å². The van der Waals surface area contributed by atoms with E-state index < -0.39 is 5.97 Å². The van der Waals surface area contributed by atoms with Crippen molar-refractivity contribution in [3.05, 3.63) is 71.0 Å². The van der Waals surface area contributed by atoms with E-state index in [1.807, 2.05) is 30.3 Å². The minimum Gasteiger partial charge on any atom is -0.454 e. The number of rotatable bonds is 6. The first-order chi connectivity index (χ1) is 17.0. The molecule has 1 aliphatic heterocycles. The largest absolute Gasteiger partial charge is 0.454 e. The maximum absolute atomic E-state index is 13.0. The van der Waals surface area contributed by atoms with E-state index in [9.17, 15) is 14.4 Å². The van der Waals surface area contributed by atoms with Gasteiger partial charge < -0.3 is 15.8 Å². The zero-order chi connectivity index (χ0) is 24.4. The third-order valence-electron chi connectivity index (χ3n) is 6.15. The molecule has 3 aromatic rings. The van der Waals surface area contributed by atoms with E-state index in [2.05, 4.69) is 20.3 Å². The third-order valence-corrected chi connectivity index (χ3v) is 6.15. The van der Waals surface area contributed by atoms with Gasteiger partial charge in [0.05, 0.1) is 16.7 Å². The summed E-state index contributed by atoms with van der Waals surface area (Å²) in [6.45, 7) is -0.243. The number of para-hydroxylation sites is 1. The molecule has 0 unspecified atom stereocenters. The topological polar surface area (TPSA) is 140 Å². The van der Waals surface area contributed by atoms with Crippen molar-refractivity contribution in [2.24, 2.45) is 0 Å². The summed E-state index contributed by atoms with van der Waals surface area (Å²) in [6, 6.07) is 13.6. The van der Waals surface area contributed by atoms with Gasteiger partial charge in [0.2, 0.25) is 11.9 Å². The van der Waals surface area contributed by atoms with Gasteiger partial charge >= 0.3 is 5.97 Å². The number of aromatic nitrogens is 3. The molecule has 2 heterocycles. The lowest BCUT2D eigenvalue weighted by molar-refractivity contribution is 0.0461. The van der Waals surface area contributed by atoms with Crippen molar-refractivity contribution in [1.29, 1.82) is 0 Å². The molecule has 0 atom stereocenters. The van der Waals surface area contributed by atoms with Crippen molar-refractivity contribution in [3.8, 4) is 0 Å². The Morgan fingerprint density at radius 3 is 2.49 bits per heavy atom. The van der Waals surface area contributed by atoms with Crippen LogP contribution in [0, 0.1) is 0 Å². The highest BCUT2D eigenvalue weighted by Crippen LogP contribution is 2.31. The molecule has 1 fully saturated rings. The Hall–Kier alpha value is -4.34. The highest BCUT2D eigenvalue weighted by Gasteiger charge is 2.40. The van der Waals surface area contributed by atoms with Gasteiger partial charge in [0.15, 0.2) is 12.4 Å². The Kier molecular flexibility index (Phi) is 6.09. The normalized spacial score (nSPS) is 15.7. The lowest BCUT2D eigenvalue weighted by atomic mass is 9.94. The summed E-state index contributed by atoms with van der Waals surface area (Å²) >= 11 is 0. The van der Waals surface area contributed by atoms with Crippen LogP contribution in [0.1, 0.15) is 69.0 Å². The summed E-state index contributed by atoms with van der Waals surface area (Å²) in [4.78, 5) is 52.2. The van der Waals surface area contributed by atoms with Gasteiger partial charge in [-0.15, -0.1) is 0 Å². The first-order valence-electron chi connectivity index (χ1n) is 11.5. The average molecular weight is 473 g/mol. The van der Waals surface area contributed by atoms with Crippen LogP contribution in [0.4, 0.5) is 17.6 Å². The van der Waals surface area contributed by atoms with E-state index in [0.29, 0.717) is 5.56 Å². The molecule has 0 spiro atoms. The fourth-order valence-corrected chi connectivity index (χ4v) is 4.48. The van der Waals surface area contributed by atoms with Gasteiger partial charge in [-0.3, -0.25) is 14.5 Å². The molecular formula is C25H24N6O4. The number of benzene rings is 2. The number of nitrogens with two attached hydrogens (primary N) is 1. The molecule has 2 aliphatic rings. The number of hydrogen-bond acceptors (Lipinski definition) is 9. The monoisotopic (exact) mass is 472 g/mol. The van der Waals surface area contributed by atoms with Crippen molar-refractivity contribution >= 4 is 35.4 Å². The quantitative estimate of drug-likeness (QED) is 0.407. The van der Waals surface area contributed by atoms with Crippen LogP contribution in [0.2, 0.25) is 0 Å². The molecule has 2 aromatic carbocycles. The third kappa shape index (κ3) is 4.68. The number of imide groups is 1. The molecule has 10 heteroatoms. The molecule has 5 rings (SSSR count). The first kappa shape index (κ1) is 22.5. The van der Waals surface area contributed by atoms with Crippen LogP contribution in [0.15, 0.2) is 48.5 Å². The Morgan fingerprint density at radius 2 is 1.71 bits per heavy atom. The van der Waals surface area contributed by atoms with Gasteiger partial charge in [-0.25, -0.2) is 4.79 Å². The fourth-order valence-electron chi connectivity index (χ4n) is 4.48. The molecule has 35 heavy (non-hydrogen) atoms. The molecule has 1 saturated carbocycles. The van der Waals surface area contributed by atoms with Crippen molar-refractivity contribution in [3.63, 3.8) is 0 Å². The minimum absolute atomic E-state index is 0.0195. The molecule has 0 saturated heterocycles. The van der Waals surface area contributed by atoms with Gasteiger partial charge in [-0.05, 0) is 43.2 Å². The van der Waals surface area contributed by atoms with E-state index in [0.717, 1.165) is 37.8 Å². The van der Waals surface area contributed by atoms with Crippen molar-refractivity contribution < 1.29 is 19.1 Å². The summed E-state index contributed by atoms with van der Waals surface area (Å²) in [5.41, 5.74) is 7.26. The lowest BCUT2D eigenvalue weighted by Gasteiger charge is -2.29. The van der Waals surface area contributed by atoms with Gasteiger partial charge in [0, 0.05) is 11.7 Å². The maximum atomic E-state index is 13.0. The second kappa shape index (κ2) is 9.49. The molecule has 1 aliphatic carbocycles. The average Bonchev–Trinajstić information content (AvgIpc) is 3.12. The number of anilines is 3. The SMILES string of the molecule is Nc1nc(COC(=O)c2ccc3c(c2)C(=O)N(C2CCCCC2)C3=O)nc(Nc2ccccc2)n1. The smallest absolute Gasteiger partial charge is 0.338 e. The number of carbonyl (C=O) groups excluding carboxylic acids is 3. The molecule has 178 valence electrons. The Bertz CT molecular complexity index is 1290. The first-order valence-corrected chi connectivity index (χ1v) is 11.5. The van der Waals surface area contributed by atoms with E-state index in [-0.39, 0.29) is 53.3 Å². The molecule has 0 bridgehead atoms. The number of amides is 2. The zero-order valence-electron chi connectivity index (χ0n) is 18.9. The number of carbonyl (C=O) groups is 3. The lowest BCUT2D eigenvalue weighted by Crippen LogP contribution is -2.40. The van der Waals surface area contributed by atoms with Gasteiger partial charge in [0.1, 0.15) is 0 Å². The standard InChI is InChI=1S/C25H24N6O4/c26-24-28-20(29-25(30-24)27-16-7-3-1-4-8-16)14-35-23(34)15-11-12-18-19(13-15)22(33)31(21(18)32)17-9-5-2-6-10-17/h1,3-4,7-8,11-13,17H,2,5-6,9-10,14H2,(H3,26,27,28,29,30). The van der Waals surface area contributed by atoms with E-state index in [1.54, 1.807) is 0 Å². The predicted octanol–water partition coefficient (Wildman–Crippen LogP) is 3.48. The Labute approximate surface area is 201 Å². The van der Waals surface area contributed by atoms with Crippen molar-refractivity contribution in [2.75, 3.05) is 11.1 Å². The van der Waals surface area contributed by atoms with Crippen LogP contribution in [-0.4, -0.2) is 43.7 Å². The summed E-state index contributed by atoms with van der Waals surface area (Å²) in [7, 11) is 0. The van der Waals surface area contributed by atoms with Crippen molar-refractivity contribution in [2.45, 2.75) is 44.8 Å². The summed E-state index contributed by atoms with van der Waals surface area (Å²) in [5, 5.41) is 3.02. The number of esters is 1. The highest BCUT2D eigenvalue weighted by molar-refractivity contribution is 6.22. The molecule has 1 aromatic heterocycles. The molecular weight excluding hydrogens is 448 g/mol. The fraction of sp³-hybridized carbons (Fsp3) is 0.280. The van der Waals surface area contributed by atoms with E-state index in [1.165, 1.54) is 23.1 Å². The zero-order valence-corrected chi connectivity index (χ0v) is 18.9. The van der Waals surface area contributed by atoms with Crippen LogP contribution in [0.5, 0.6) is 0 Å². The minimum atomic E-state index is -0.666. The molecule has 0 radical (unpaired) electrons. The molecule has 2 amide bonds. The number of nitrogen functional groups attached to an aromatic ring is 1. The molecule has 3 N–H and O–H groups in total. The van der Waals surface area contributed by atoms with Gasteiger partial charge in [-0.1, -0.05) is 37.5 Å². The van der Waals surface area contributed by atoms with Gasteiger partial charge in [-0.2, -0.15) is 15.0 Å². The second-order valence-electron chi connectivity index (χ2n) is 8.53. The number of hydrogen-bond donors (Lipinski definition) is 2. The summed E-state index contributed by atoms with van der Waals surface area (Å²) < 4.78 is 5.35. The van der Waals surface area contributed by atoms with E-state index >= 15 is 0 Å². The van der Waals surface area contributed by atoms with Crippen LogP contribution in [0.25, 0.3) is 0 Å². The van der Waals surface area contributed by atoms with Crippen molar-refractivity contribution in [1.82, 2.24) is 19.9 Å². The number of nitrogens with zero attached hydrogens (tertiary/aromatic N) is 4. The van der Waals surface area contributed by atoms with Crippen LogP contribution in [-0.2, 0) is 11.3 Å².